The summed E-state index contributed by atoms with van der Waals surface area (Å²) in [6.07, 6.45) is -2.76. The summed E-state index contributed by atoms with van der Waals surface area (Å²) in [5.41, 5.74) is 5.46. The molecule has 1 aromatic rings. The van der Waals surface area contributed by atoms with E-state index in [1.165, 1.54) is 13.0 Å². The number of nitrogens with zero attached hydrogens (tertiary/aromatic N) is 1. The van der Waals surface area contributed by atoms with Crippen molar-refractivity contribution in [1.82, 2.24) is 4.90 Å². The van der Waals surface area contributed by atoms with Crippen LogP contribution in [-0.2, 0) is 0 Å². The standard InChI is InChI=1S/C12H15F3N2O2/c1-7-4-8(16)5-9(11(7)15)12(19)17(2-3-18)6-10(13)14/h4-5,10,18H,2-3,6,16H2,1H3. The van der Waals surface area contributed by atoms with Gasteiger partial charge < -0.3 is 15.7 Å². The number of halogens is 3. The second kappa shape index (κ2) is 6.42. The van der Waals surface area contributed by atoms with Gasteiger partial charge in [0.1, 0.15) is 5.82 Å². The van der Waals surface area contributed by atoms with Crippen molar-refractivity contribution in [2.24, 2.45) is 0 Å². The first kappa shape index (κ1) is 15.3. The van der Waals surface area contributed by atoms with Gasteiger partial charge in [-0.05, 0) is 24.6 Å². The second-order valence-corrected chi connectivity index (χ2v) is 4.07. The summed E-state index contributed by atoms with van der Waals surface area (Å²) >= 11 is 0. The number of rotatable bonds is 5. The third kappa shape index (κ3) is 3.85. The molecule has 0 fully saturated rings. The van der Waals surface area contributed by atoms with Crippen molar-refractivity contribution in [2.45, 2.75) is 13.3 Å². The van der Waals surface area contributed by atoms with E-state index in [4.69, 9.17) is 10.8 Å². The molecule has 0 bridgehead atoms. The minimum atomic E-state index is -2.76. The van der Waals surface area contributed by atoms with Gasteiger partial charge in [-0.25, -0.2) is 13.2 Å². The third-order valence-corrected chi connectivity index (χ3v) is 2.52. The van der Waals surface area contributed by atoms with Crippen LogP contribution in [0.4, 0.5) is 18.9 Å². The first-order valence-electron chi connectivity index (χ1n) is 5.60. The lowest BCUT2D eigenvalue weighted by Gasteiger charge is -2.22. The summed E-state index contributed by atoms with van der Waals surface area (Å²) in [7, 11) is 0. The van der Waals surface area contributed by atoms with Crippen molar-refractivity contribution in [2.75, 3.05) is 25.4 Å². The Morgan fingerprint density at radius 1 is 1.47 bits per heavy atom. The van der Waals surface area contributed by atoms with Crippen molar-refractivity contribution >= 4 is 11.6 Å². The highest BCUT2D eigenvalue weighted by Crippen LogP contribution is 2.19. The Bertz CT molecular complexity index is 467. The fourth-order valence-electron chi connectivity index (χ4n) is 1.69. The minimum Gasteiger partial charge on any atom is -0.399 e. The molecule has 0 radical (unpaired) electrons. The van der Waals surface area contributed by atoms with E-state index in [0.717, 1.165) is 6.07 Å². The van der Waals surface area contributed by atoms with Crippen LogP contribution in [0.2, 0.25) is 0 Å². The number of benzene rings is 1. The van der Waals surface area contributed by atoms with E-state index in [0.29, 0.717) is 4.90 Å². The molecule has 7 heteroatoms. The Morgan fingerprint density at radius 3 is 2.63 bits per heavy atom. The summed E-state index contributed by atoms with van der Waals surface area (Å²) in [6.45, 7) is -0.226. The number of anilines is 1. The molecule has 0 aromatic heterocycles. The molecular formula is C12H15F3N2O2. The number of nitrogens with two attached hydrogens (primary N) is 1. The summed E-state index contributed by atoms with van der Waals surface area (Å²) in [5, 5.41) is 8.77. The second-order valence-electron chi connectivity index (χ2n) is 4.07. The molecular weight excluding hydrogens is 261 g/mol. The molecule has 0 atom stereocenters. The molecule has 0 unspecified atom stereocenters. The highest BCUT2D eigenvalue weighted by atomic mass is 19.3. The number of nitrogen functional groups attached to an aromatic ring is 1. The van der Waals surface area contributed by atoms with Gasteiger partial charge in [-0.15, -0.1) is 0 Å². The fraction of sp³-hybridized carbons (Fsp3) is 0.417. The highest BCUT2D eigenvalue weighted by Gasteiger charge is 2.23. The smallest absolute Gasteiger partial charge is 0.257 e. The summed E-state index contributed by atoms with van der Waals surface area (Å²) in [5.74, 6) is -1.71. The average Bonchev–Trinajstić information content (AvgIpc) is 2.32. The van der Waals surface area contributed by atoms with E-state index >= 15 is 0 Å². The SMILES string of the molecule is Cc1cc(N)cc(C(=O)N(CCO)CC(F)F)c1F. The molecule has 1 amide bonds. The maximum Gasteiger partial charge on any atom is 0.257 e. The number of aliphatic hydroxyl groups excluding tert-OH is 1. The highest BCUT2D eigenvalue weighted by molar-refractivity contribution is 5.95. The van der Waals surface area contributed by atoms with Gasteiger partial charge in [0.05, 0.1) is 18.7 Å². The summed E-state index contributed by atoms with van der Waals surface area (Å²) in [6, 6.07) is 2.44. The maximum absolute atomic E-state index is 13.8. The van der Waals surface area contributed by atoms with Crippen LogP contribution in [0.15, 0.2) is 12.1 Å². The molecule has 106 valence electrons. The quantitative estimate of drug-likeness (QED) is 0.799. The molecule has 0 aliphatic heterocycles. The fourth-order valence-corrected chi connectivity index (χ4v) is 1.69. The lowest BCUT2D eigenvalue weighted by atomic mass is 10.1. The van der Waals surface area contributed by atoms with Gasteiger partial charge >= 0.3 is 0 Å². The van der Waals surface area contributed by atoms with Crippen LogP contribution < -0.4 is 5.73 Å². The predicted octanol–water partition coefficient (Wildman–Crippen LogP) is 1.42. The Hall–Kier alpha value is -1.76. The van der Waals surface area contributed by atoms with E-state index in [-0.39, 0.29) is 23.4 Å². The Kier molecular flexibility index (Phi) is 5.17. The van der Waals surface area contributed by atoms with Crippen LogP contribution in [0, 0.1) is 12.7 Å². The molecule has 0 heterocycles. The Balaban J connectivity index is 3.08. The van der Waals surface area contributed by atoms with Gasteiger partial charge in [-0.1, -0.05) is 0 Å². The zero-order valence-electron chi connectivity index (χ0n) is 10.4. The van der Waals surface area contributed by atoms with Crippen molar-refractivity contribution < 1.29 is 23.1 Å². The number of hydrogen-bond acceptors (Lipinski definition) is 3. The average molecular weight is 276 g/mol. The number of alkyl halides is 2. The Labute approximate surface area is 108 Å². The molecule has 19 heavy (non-hydrogen) atoms. The number of amides is 1. The molecule has 0 saturated heterocycles. The number of carbonyl (C=O) groups excluding carboxylic acids is 1. The van der Waals surface area contributed by atoms with Gasteiger partial charge in [0.15, 0.2) is 0 Å². The normalized spacial score (nSPS) is 10.8. The zero-order valence-corrected chi connectivity index (χ0v) is 10.4. The monoisotopic (exact) mass is 276 g/mol. The topological polar surface area (TPSA) is 66.6 Å². The van der Waals surface area contributed by atoms with Crippen LogP contribution in [0.3, 0.4) is 0 Å². The van der Waals surface area contributed by atoms with Gasteiger partial charge in [0.25, 0.3) is 12.3 Å². The van der Waals surface area contributed by atoms with Gasteiger partial charge in [-0.3, -0.25) is 4.79 Å². The first-order valence-corrected chi connectivity index (χ1v) is 5.60. The van der Waals surface area contributed by atoms with Crippen molar-refractivity contribution in [3.63, 3.8) is 0 Å². The van der Waals surface area contributed by atoms with Crippen molar-refractivity contribution in [3.05, 3.63) is 29.1 Å². The lowest BCUT2D eigenvalue weighted by Crippen LogP contribution is -2.37. The number of hydrogen-bond donors (Lipinski definition) is 2. The van der Waals surface area contributed by atoms with Crippen LogP contribution in [-0.4, -0.2) is 42.0 Å². The van der Waals surface area contributed by atoms with Crippen molar-refractivity contribution in [1.29, 1.82) is 0 Å². The Morgan fingerprint density at radius 2 is 2.11 bits per heavy atom. The molecule has 0 aliphatic rings. The predicted molar refractivity (Wildman–Crippen MR) is 64.5 cm³/mol. The molecule has 3 N–H and O–H groups in total. The molecule has 0 aliphatic carbocycles. The van der Waals surface area contributed by atoms with Gasteiger partial charge in [-0.2, -0.15) is 0 Å². The molecule has 4 nitrogen and oxygen atoms in total. The van der Waals surface area contributed by atoms with E-state index in [2.05, 4.69) is 0 Å². The van der Waals surface area contributed by atoms with E-state index < -0.39 is 31.3 Å². The van der Waals surface area contributed by atoms with Gasteiger partial charge in [0, 0.05) is 12.2 Å². The van der Waals surface area contributed by atoms with Gasteiger partial charge in [0.2, 0.25) is 0 Å². The van der Waals surface area contributed by atoms with Crippen LogP contribution in [0.5, 0.6) is 0 Å². The molecule has 1 aromatic carbocycles. The summed E-state index contributed by atoms with van der Waals surface area (Å²) in [4.78, 5) is 12.7. The zero-order chi connectivity index (χ0) is 14.6. The summed E-state index contributed by atoms with van der Waals surface area (Å²) < 4.78 is 38.5. The van der Waals surface area contributed by atoms with E-state index in [1.54, 1.807) is 0 Å². The first-order chi connectivity index (χ1) is 8.86. The van der Waals surface area contributed by atoms with E-state index in [9.17, 15) is 18.0 Å². The minimum absolute atomic E-state index is 0.157. The third-order valence-electron chi connectivity index (χ3n) is 2.52. The number of carbonyl (C=O) groups is 1. The number of aryl methyl sites for hydroxylation is 1. The van der Waals surface area contributed by atoms with E-state index in [1.807, 2.05) is 0 Å². The van der Waals surface area contributed by atoms with Crippen LogP contribution in [0.1, 0.15) is 15.9 Å². The molecule has 0 spiro atoms. The lowest BCUT2D eigenvalue weighted by molar-refractivity contribution is 0.0505. The van der Waals surface area contributed by atoms with Crippen LogP contribution in [0.25, 0.3) is 0 Å². The van der Waals surface area contributed by atoms with Crippen molar-refractivity contribution in [3.8, 4) is 0 Å². The largest absolute Gasteiger partial charge is 0.399 e. The number of aliphatic hydroxyl groups is 1. The maximum atomic E-state index is 13.8. The van der Waals surface area contributed by atoms with Crippen LogP contribution >= 0.6 is 0 Å². The molecule has 0 saturated carbocycles. The molecule has 1 rings (SSSR count).